The fourth-order valence-corrected chi connectivity index (χ4v) is 2.14. The number of carbonyl (C=O) groups is 1. The zero-order chi connectivity index (χ0) is 15.9. The monoisotopic (exact) mass is 318 g/mol. The van der Waals surface area contributed by atoms with Crippen LogP contribution in [0.1, 0.15) is 24.5 Å². The number of amides is 1. The molecule has 0 unspecified atom stereocenters. The lowest BCUT2D eigenvalue weighted by molar-refractivity contribution is -0.128. The SMILES string of the molecule is CC[C@@H](Oc1cc(C)ccc1Cl)C(=O)NCc1cccnc1. The van der Waals surface area contributed by atoms with Crippen molar-refractivity contribution in [2.45, 2.75) is 32.9 Å². The van der Waals surface area contributed by atoms with Crippen molar-refractivity contribution in [1.82, 2.24) is 10.3 Å². The number of hydrogen-bond acceptors (Lipinski definition) is 3. The van der Waals surface area contributed by atoms with Gasteiger partial charge >= 0.3 is 0 Å². The van der Waals surface area contributed by atoms with Crippen molar-refractivity contribution in [1.29, 1.82) is 0 Å². The lowest BCUT2D eigenvalue weighted by Crippen LogP contribution is -2.37. The summed E-state index contributed by atoms with van der Waals surface area (Å²) < 4.78 is 5.77. The van der Waals surface area contributed by atoms with Gasteiger partial charge in [0.05, 0.1) is 5.02 Å². The van der Waals surface area contributed by atoms with Crippen LogP contribution in [0.3, 0.4) is 0 Å². The Balaban J connectivity index is 1.98. The summed E-state index contributed by atoms with van der Waals surface area (Å²) in [5, 5.41) is 3.36. The van der Waals surface area contributed by atoms with Crippen LogP contribution in [0.5, 0.6) is 5.75 Å². The molecule has 0 bridgehead atoms. The summed E-state index contributed by atoms with van der Waals surface area (Å²) in [6, 6.07) is 9.25. The molecule has 1 atom stereocenters. The number of pyridine rings is 1. The maximum Gasteiger partial charge on any atom is 0.261 e. The molecule has 1 heterocycles. The first-order chi connectivity index (χ1) is 10.6. The minimum atomic E-state index is -0.573. The second-order valence-corrected chi connectivity index (χ2v) is 5.43. The van der Waals surface area contributed by atoms with Crippen molar-refractivity contribution in [3.8, 4) is 5.75 Å². The van der Waals surface area contributed by atoms with Crippen LogP contribution in [-0.2, 0) is 11.3 Å². The standard InChI is InChI=1S/C17H19ClN2O2/c1-3-15(22-16-9-12(2)6-7-14(16)18)17(21)20-11-13-5-4-8-19-10-13/h4-10,15H,3,11H2,1-2H3,(H,20,21)/t15-/m1/s1. The number of aromatic nitrogens is 1. The third-order valence-electron chi connectivity index (χ3n) is 3.21. The average Bonchev–Trinajstić information content (AvgIpc) is 2.54. The average molecular weight is 319 g/mol. The van der Waals surface area contributed by atoms with Crippen molar-refractivity contribution < 1.29 is 9.53 Å². The van der Waals surface area contributed by atoms with E-state index >= 15 is 0 Å². The Hall–Kier alpha value is -2.07. The molecule has 2 aromatic rings. The maximum absolute atomic E-state index is 12.2. The lowest BCUT2D eigenvalue weighted by Gasteiger charge is -2.18. The Morgan fingerprint density at radius 3 is 2.91 bits per heavy atom. The molecule has 22 heavy (non-hydrogen) atoms. The quantitative estimate of drug-likeness (QED) is 0.886. The second kappa shape index (κ2) is 7.80. The highest BCUT2D eigenvalue weighted by Gasteiger charge is 2.19. The summed E-state index contributed by atoms with van der Waals surface area (Å²) in [6.07, 6.45) is 3.40. The van der Waals surface area contributed by atoms with Crippen molar-refractivity contribution >= 4 is 17.5 Å². The molecule has 1 aromatic heterocycles. The van der Waals surface area contributed by atoms with E-state index in [9.17, 15) is 4.79 Å². The van der Waals surface area contributed by atoms with E-state index in [1.807, 2.05) is 38.1 Å². The zero-order valence-electron chi connectivity index (χ0n) is 12.7. The van der Waals surface area contributed by atoms with E-state index in [4.69, 9.17) is 16.3 Å². The molecule has 116 valence electrons. The lowest BCUT2D eigenvalue weighted by atomic mass is 10.2. The fourth-order valence-electron chi connectivity index (χ4n) is 1.98. The molecule has 1 N–H and O–H groups in total. The smallest absolute Gasteiger partial charge is 0.261 e. The number of nitrogens with one attached hydrogen (secondary N) is 1. The van der Waals surface area contributed by atoms with Gasteiger partial charge in [0.15, 0.2) is 6.10 Å². The van der Waals surface area contributed by atoms with Crippen LogP contribution in [0, 0.1) is 6.92 Å². The van der Waals surface area contributed by atoms with E-state index in [-0.39, 0.29) is 5.91 Å². The van der Waals surface area contributed by atoms with Gasteiger partial charge < -0.3 is 10.1 Å². The van der Waals surface area contributed by atoms with Gasteiger partial charge in [-0.3, -0.25) is 9.78 Å². The zero-order valence-corrected chi connectivity index (χ0v) is 13.4. The van der Waals surface area contributed by atoms with E-state index in [0.29, 0.717) is 23.7 Å². The summed E-state index contributed by atoms with van der Waals surface area (Å²) in [5.74, 6) is 0.369. The number of benzene rings is 1. The van der Waals surface area contributed by atoms with Crippen LogP contribution in [0.2, 0.25) is 5.02 Å². The normalized spacial score (nSPS) is 11.8. The number of carbonyl (C=O) groups excluding carboxylic acids is 1. The molecule has 0 aliphatic carbocycles. The highest BCUT2D eigenvalue weighted by atomic mass is 35.5. The van der Waals surface area contributed by atoms with Gasteiger partial charge in [-0.25, -0.2) is 0 Å². The summed E-state index contributed by atoms with van der Waals surface area (Å²) in [7, 11) is 0. The molecular formula is C17H19ClN2O2. The summed E-state index contributed by atoms with van der Waals surface area (Å²) in [5.41, 5.74) is 1.98. The van der Waals surface area contributed by atoms with Crippen LogP contribution < -0.4 is 10.1 Å². The molecule has 4 nitrogen and oxygen atoms in total. The Kier molecular flexibility index (Phi) is 5.78. The Bertz CT molecular complexity index is 632. The van der Waals surface area contributed by atoms with Gasteiger partial charge in [0.1, 0.15) is 5.75 Å². The number of hydrogen-bond donors (Lipinski definition) is 1. The topological polar surface area (TPSA) is 51.2 Å². The van der Waals surface area contributed by atoms with E-state index in [0.717, 1.165) is 11.1 Å². The Labute approximate surface area is 135 Å². The van der Waals surface area contributed by atoms with Crippen LogP contribution in [-0.4, -0.2) is 17.0 Å². The molecule has 1 amide bonds. The molecule has 0 spiro atoms. The van der Waals surface area contributed by atoms with Gasteiger partial charge in [-0.15, -0.1) is 0 Å². The summed E-state index contributed by atoms with van der Waals surface area (Å²) >= 11 is 6.11. The summed E-state index contributed by atoms with van der Waals surface area (Å²) in [4.78, 5) is 16.3. The predicted molar refractivity (Wildman–Crippen MR) is 87.0 cm³/mol. The molecule has 0 saturated heterocycles. The van der Waals surface area contributed by atoms with Crippen molar-refractivity contribution in [2.24, 2.45) is 0 Å². The van der Waals surface area contributed by atoms with Crippen LogP contribution in [0.15, 0.2) is 42.7 Å². The largest absolute Gasteiger partial charge is 0.479 e. The maximum atomic E-state index is 12.2. The van der Waals surface area contributed by atoms with Crippen LogP contribution in [0.4, 0.5) is 0 Å². The Morgan fingerprint density at radius 2 is 2.23 bits per heavy atom. The third kappa shape index (κ3) is 4.46. The fraction of sp³-hybridized carbons (Fsp3) is 0.294. The summed E-state index contributed by atoms with van der Waals surface area (Å²) in [6.45, 7) is 4.28. The molecule has 5 heteroatoms. The van der Waals surface area contributed by atoms with Gasteiger partial charge in [0.25, 0.3) is 5.91 Å². The van der Waals surface area contributed by atoms with Crippen molar-refractivity contribution in [3.05, 3.63) is 58.9 Å². The van der Waals surface area contributed by atoms with E-state index in [2.05, 4.69) is 10.3 Å². The van der Waals surface area contributed by atoms with Gasteiger partial charge in [-0.05, 0) is 42.7 Å². The molecule has 1 aromatic carbocycles. The molecule has 0 saturated carbocycles. The van der Waals surface area contributed by atoms with Gasteiger partial charge in [0.2, 0.25) is 0 Å². The molecule has 0 fully saturated rings. The minimum Gasteiger partial charge on any atom is -0.479 e. The molecule has 0 aliphatic heterocycles. The van der Waals surface area contributed by atoms with Crippen LogP contribution >= 0.6 is 11.6 Å². The van der Waals surface area contributed by atoms with E-state index in [1.165, 1.54) is 0 Å². The first kappa shape index (κ1) is 16.3. The highest BCUT2D eigenvalue weighted by molar-refractivity contribution is 6.32. The van der Waals surface area contributed by atoms with Crippen molar-refractivity contribution in [3.63, 3.8) is 0 Å². The Morgan fingerprint density at radius 1 is 1.41 bits per heavy atom. The second-order valence-electron chi connectivity index (χ2n) is 5.03. The molecular weight excluding hydrogens is 300 g/mol. The third-order valence-corrected chi connectivity index (χ3v) is 3.52. The first-order valence-electron chi connectivity index (χ1n) is 7.19. The number of ether oxygens (including phenoxy) is 1. The molecule has 0 radical (unpaired) electrons. The first-order valence-corrected chi connectivity index (χ1v) is 7.57. The molecule has 0 aliphatic rings. The number of rotatable bonds is 6. The van der Waals surface area contributed by atoms with Gasteiger partial charge in [-0.1, -0.05) is 30.7 Å². The van der Waals surface area contributed by atoms with Gasteiger partial charge in [0, 0.05) is 18.9 Å². The van der Waals surface area contributed by atoms with Gasteiger partial charge in [-0.2, -0.15) is 0 Å². The number of nitrogens with zero attached hydrogens (tertiary/aromatic N) is 1. The number of halogens is 1. The van der Waals surface area contributed by atoms with E-state index < -0.39 is 6.10 Å². The minimum absolute atomic E-state index is 0.163. The highest BCUT2D eigenvalue weighted by Crippen LogP contribution is 2.26. The predicted octanol–water partition coefficient (Wildman–Crippen LogP) is 3.52. The van der Waals surface area contributed by atoms with Crippen molar-refractivity contribution in [2.75, 3.05) is 0 Å². The molecule has 2 rings (SSSR count). The van der Waals surface area contributed by atoms with Crippen LogP contribution in [0.25, 0.3) is 0 Å². The number of aryl methyl sites for hydroxylation is 1. The van der Waals surface area contributed by atoms with E-state index in [1.54, 1.807) is 18.5 Å².